The van der Waals surface area contributed by atoms with Crippen LogP contribution >= 0.6 is 11.6 Å². The number of halogens is 1. The highest BCUT2D eigenvalue weighted by Gasteiger charge is 2.46. The van der Waals surface area contributed by atoms with Gasteiger partial charge in [0.1, 0.15) is 6.04 Å². The molecule has 1 spiro atoms. The normalized spacial score (nSPS) is 27.0. The van der Waals surface area contributed by atoms with Crippen molar-refractivity contribution >= 4 is 23.4 Å². The molecular weight excluding hydrogens is 376 g/mol. The fourth-order valence-electron chi connectivity index (χ4n) is 4.74. The molecule has 3 heterocycles. The zero-order valence-electron chi connectivity index (χ0n) is 16.4. The monoisotopic (exact) mass is 404 g/mol. The van der Waals surface area contributed by atoms with Gasteiger partial charge in [-0.3, -0.25) is 15.0 Å². The molecule has 2 atom stereocenters. The second-order valence-corrected chi connectivity index (χ2v) is 9.00. The van der Waals surface area contributed by atoms with E-state index in [1.807, 2.05) is 34.1 Å². The van der Waals surface area contributed by atoms with Gasteiger partial charge in [-0.2, -0.15) is 0 Å². The van der Waals surface area contributed by atoms with Gasteiger partial charge in [-0.15, -0.1) is 0 Å². The third kappa shape index (κ3) is 4.04. The molecule has 2 unspecified atom stereocenters. The van der Waals surface area contributed by atoms with Gasteiger partial charge in [0.15, 0.2) is 0 Å². The number of hydrogen-bond acceptors (Lipinski definition) is 4. The average molecular weight is 405 g/mol. The minimum Gasteiger partial charge on any atom is -0.341 e. The molecule has 28 heavy (non-hydrogen) atoms. The van der Waals surface area contributed by atoms with E-state index in [9.17, 15) is 9.59 Å². The molecule has 7 heteroatoms. The van der Waals surface area contributed by atoms with E-state index in [1.54, 1.807) is 0 Å². The van der Waals surface area contributed by atoms with Crippen LogP contribution in [0.25, 0.3) is 0 Å². The first kappa shape index (κ1) is 19.7. The van der Waals surface area contributed by atoms with Crippen LogP contribution in [0.2, 0.25) is 5.02 Å². The Bertz CT molecular complexity index is 730. The van der Waals surface area contributed by atoms with Gasteiger partial charge < -0.3 is 9.80 Å². The van der Waals surface area contributed by atoms with Crippen molar-refractivity contribution < 1.29 is 9.59 Å². The molecule has 1 aromatic carbocycles. The number of benzene rings is 1. The van der Waals surface area contributed by atoms with E-state index in [1.165, 1.54) is 0 Å². The molecule has 0 radical (unpaired) electrons. The Morgan fingerprint density at radius 3 is 2.57 bits per heavy atom. The second-order valence-electron chi connectivity index (χ2n) is 8.56. The van der Waals surface area contributed by atoms with Crippen molar-refractivity contribution in [1.82, 2.24) is 20.7 Å². The maximum absolute atomic E-state index is 12.8. The Labute approximate surface area is 171 Å². The molecule has 3 fully saturated rings. The third-order valence-corrected chi connectivity index (χ3v) is 6.85. The Morgan fingerprint density at radius 1 is 1.21 bits per heavy atom. The molecule has 1 aromatic rings. The van der Waals surface area contributed by atoms with Crippen molar-refractivity contribution in [1.29, 1.82) is 0 Å². The Hall–Kier alpha value is -1.63. The van der Waals surface area contributed by atoms with Crippen LogP contribution in [-0.2, 0) is 16.1 Å². The standard InChI is InChI=1S/C21H29ClN4O2/c1-2-17-11-18(24-23-17)20(28)25-9-7-21(8-10-25)12-19(27)26(14-21)13-15-3-5-16(22)6-4-15/h3-6,17-18,23-24H,2,7-14H2,1H3. The zero-order valence-corrected chi connectivity index (χ0v) is 17.2. The average Bonchev–Trinajstić information content (AvgIpc) is 3.29. The Balaban J connectivity index is 1.32. The van der Waals surface area contributed by atoms with Crippen LogP contribution in [0.5, 0.6) is 0 Å². The van der Waals surface area contributed by atoms with Crippen LogP contribution in [0.3, 0.4) is 0 Å². The number of hydrogen-bond donors (Lipinski definition) is 2. The van der Waals surface area contributed by atoms with Crippen LogP contribution in [0.4, 0.5) is 0 Å². The number of nitrogens with zero attached hydrogens (tertiary/aromatic N) is 2. The van der Waals surface area contributed by atoms with Crippen molar-refractivity contribution in [3.05, 3.63) is 34.9 Å². The molecule has 3 saturated heterocycles. The molecule has 0 aromatic heterocycles. The molecule has 2 amide bonds. The lowest BCUT2D eigenvalue weighted by Gasteiger charge is -2.39. The van der Waals surface area contributed by atoms with Crippen molar-refractivity contribution in [3.63, 3.8) is 0 Å². The number of likely N-dealkylation sites (tertiary alicyclic amines) is 2. The number of nitrogens with one attached hydrogen (secondary N) is 2. The number of rotatable bonds is 4. The van der Waals surface area contributed by atoms with E-state index in [0.29, 0.717) is 24.0 Å². The van der Waals surface area contributed by atoms with Crippen LogP contribution in [-0.4, -0.2) is 53.3 Å². The maximum Gasteiger partial charge on any atom is 0.241 e. The van der Waals surface area contributed by atoms with Crippen LogP contribution in [0.15, 0.2) is 24.3 Å². The van der Waals surface area contributed by atoms with Gasteiger partial charge >= 0.3 is 0 Å². The highest BCUT2D eigenvalue weighted by Crippen LogP contribution is 2.41. The highest BCUT2D eigenvalue weighted by atomic mass is 35.5. The van der Waals surface area contributed by atoms with Gasteiger partial charge in [0.2, 0.25) is 11.8 Å². The molecule has 0 bridgehead atoms. The van der Waals surface area contributed by atoms with Crippen molar-refractivity contribution in [2.45, 2.75) is 57.7 Å². The summed E-state index contributed by atoms with van der Waals surface area (Å²) in [6.07, 6.45) is 4.28. The van der Waals surface area contributed by atoms with E-state index in [4.69, 9.17) is 11.6 Å². The van der Waals surface area contributed by atoms with Gasteiger partial charge in [0.05, 0.1) is 0 Å². The predicted octanol–water partition coefficient (Wildman–Crippen LogP) is 2.33. The molecule has 152 valence electrons. The van der Waals surface area contributed by atoms with Crippen molar-refractivity contribution in [3.8, 4) is 0 Å². The summed E-state index contributed by atoms with van der Waals surface area (Å²) >= 11 is 5.95. The van der Waals surface area contributed by atoms with Gasteiger partial charge in [-0.05, 0) is 43.4 Å². The van der Waals surface area contributed by atoms with Crippen LogP contribution in [0, 0.1) is 5.41 Å². The molecule has 4 rings (SSSR count). The fraction of sp³-hybridized carbons (Fsp3) is 0.619. The summed E-state index contributed by atoms with van der Waals surface area (Å²) in [5.41, 5.74) is 7.48. The van der Waals surface area contributed by atoms with Gasteiger partial charge in [0.25, 0.3) is 0 Å². The zero-order chi connectivity index (χ0) is 19.7. The number of carbonyl (C=O) groups is 2. The van der Waals surface area contributed by atoms with E-state index < -0.39 is 0 Å². The molecular formula is C21H29ClN4O2. The summed E-state index contributed by atoms with van der Waals surface area (Å²) in [6, 6.07) is 7.95. The smallest absolute Gasteiger partial charge is 0.241 e. The maximum atomic E-state index is 12.8. The quantitative estimate of drug-likeness (QED) is 0.808. The predicted molar refractivity (Wildman–Crippen MR) is 108 cm³/mol. The van der Waals surface area contributed by atoms with E-state index >= 15 is 0 Å². The molecule has 0 saturated carbocycles. The summed E-state index contributed by atoms with van der Waals surface area (Å²) in [4.78, 5) is 29.4. The van der Waals surface area contributed by atoms with Gasteiger partial charge in [0, 0.05) is 49.1 Å². The number of carbonyl (C=O) groups excluding carboxylic acids is 2. The number of hydrazine groups is 1. The molecule has 3 aliphatic heterocycles. The SMILES string of the molecule is CCC1CC(C(=O)N2CCC3(CC2)CC(=O)N(Cc2ccc(Cl)cc2)C3)NN1. The number of amides is 2. The Kier molecular flexibility index (Phi) is 5.63. The Morgan fingerprint density at radius 2 is 1.93 bits per heavy atom. The van der Waals surface area contributed by atoms with Crippen molar-refractivity contribution in [2.24, 2.45) is 5.41 Å². The first-order valence-corrected chi connectivity index (χ1v) is 10.7. The molecule has 2 N–H and O–H groups in total. The molecule has 0 aliphatic carbocycles. The lowest BCUT2D eigenvalue weighted by Crippen LogP contribution is -2.50. The summed E-state index contributed by atoms with van der Waals surface area (Å²) in [7, 11) is 0. The van der Waals surface area contributed by atoms with Crippen LogP contribution in [0.1, 0.15) is 44.6 Å². The molecule has 6 nitrogen and oxygen atoms in total. The summed E-state index contributed by atoms with van der Waals surface area (Å²) in [5.74, 6) is 0.419. The van der Waals surface area contributed by atoms with Gasteiger partial charge in [-0.25, -0.2) is 5.43 Å². The summed E-state index contributed by atoms with van der Waals surface area (Å²) in [5, 5.41) is 0.710. The van der Waals surface area contributed by atoms with E-state index in [2.05, 4.69) is 17.8 Å². The van der Waals surface area contributed by atoms with Crippen LogP contribution < -0.4 is 10.9 Å². The fourth-order valence-corrected chi connectivity index (χ4v) is 4.87. The van der Waals surface area contributed by atoms with E-state index in [0.717, 1.165) is 50.9 Å². The first-order chi connectivity index (χ1) is 13.5. The highest BCUT2D eigenvalue weighted by molar-refractivity contribution is 6.30. The van der Waals surface area contributed by atoms with E-state index in [-0.39, 0.29) is 23.3 Å². The van der Waals surface area contributed by atoms with Gasteiger partial charge in [-0.1, -0.05) is 30.7 Å². The lowest BCUT2D eigenvalue weighted by molar-refractivity contribution is -0.135. The largest absolute Gasteiger partial charge is 0.341 e. The minimum absolute atomic E-state index is 0.0214. The summed E-state index contributed by atoms with van der Waals surface area (Å²) in [6.45, 7) is 5.05. The second kappa shape index (κ2) is 8.01. The topological polar surface area (TPSA) is 64.7 Å². The summed E-state index contributed by atoms with van der Waals surface area (Å²) < 4.78 is 0. The number of piperidine rings is 1. The van der Waals surface area contributed by atoms with Crippen molar-refractivity contribution in [2.75, 3.05) is 19.6 Å². The third-order valence-electron chi connectivity index (χ3n) is 6.60. The minimum atomic E-state index is -0.120. The first-order valence-electron chi connectivity index (χ1n) is 10.3. The molecule has 3 aliphatic rings. The lowest BCUT2D eigenvalue weighted by atomic mass is 9.77.